The minimum atomic E-state index is -0.107. The Morgan fingerprint density at radius 3 is 0.942 bits per heavy atom. The lowest BCUT2D eigenvalue weighted by Gasteiger charge is -2.22. The van der Waals surface area contributed by atoms with E-state index in [1.165, 1.54) is 61.3 Å². The molecule has 4 N–H and O–H groups in total. The van der Waals surface area contributed by atoms with Crippen LogP contribution in [0.4, 0.5) is 0 Å². The van der Waals surface area contributed by atoms with E-state index >= 15 is 0 Å². The largest absolute Gasteiger partial charge is 0.508 e. The zero-order valence-electron chi connectivity index (χ0n) is 63.2. The summed E-state index contributed by atoms with van der Waals surface area (Å²) in [6.45, 7) is 40.1. The molecule has 0 amide bonds. The molecular formula is C95H108O9. The molecule has 9 nitrogen and oxygen atoms in total. The highest BCUT2D eigenvalue weighted by Crippen LogP contribution is 2.40. The van der Waals surface area contributed by atoms with Gasteiger partial charge in [-0.2, -0.15) is 0 Å². The monoisotopic (exact) mass is 1390 g/mol. The number of rotatable bonds is 30. The van der Waals surface area contributed by atoms with Gasteiger partial charge in [0.1, 0.15) is 77.9 Å². The van der Waals surface area contributed by atoms with Gasteiger partial charge in [0, 0.05) is 5.56 Å². The van der Waals surface area contributed by atoms with E-state index in [2.05, 4.69) is 163 Å². The average molecular weight is 1390 g/mol. The molecule has 0 saturated carbocycles. The summed E-state index contributed by atoms with van der Waals surface area (Å²) < 4.78 is 22.6. The second-order valence-corrected chi connectivity index (χ2v) is 25.8. The van der Waals surface area contributed by atoms with Crippen LogP contribution in [-0.2, 0) is 11.8 Å². The summed E-state index contributed by atoms with van der Waals surface area (Å²) in [5, 5.41) is 39.4. The van der Waals surface area contributed by atoms with E-state index in [0.29, 0.717) is 49.1 Å². The molecule has 0 atom stereocenters. The molecular weight excluding hydrogens is 1290 g/mol. The van der Waals surface area contributed by atoms with Crippen LogP contribution in [0.15, 0.2) is 257 Å². The predicted molar refractivity (Wildman–Crippen MR) is 439 cm³/mol. The van der Waals surface area contributed by atoms with Crippen LogP contribution in [0.5, 0.6) is 51.7 Å². The molecule has 0 aromatic heterocycles. The normalized spacial score (nSPS) is 11.9. The quantitative estimate of drug-likeness (QED) is 0.0197. The summed E-state index contributed by atoms with van der Waals surface area (Å²) in [6.07, 6.45) is 16.0. The molecule has 0 heterocycles. The molecule has 0 aliphatic heterocycles. The number of phenols is 4. The Bertz CT molecular complexity index is 4280. The van der Waals surface area contributed by atoms with E-state index in [4.69, 9.17) is 18.9 Å². The summed E-state index contributed by atoms with van der Waals surface area (Å²) in [6, 6.07) is 66.5. The van der Waals surface area contributed by atoms with Gasteiger partial charge in [0.15, 0.2) is 0 Å². The third-order valence-corrected chi connectivity index (χ3v) is 17.8. The maximum Gasteiger partial charge on any atom is 0.150 e. The molecule has 9 heteroatoms. The third-order valence-electron chi connectivity index (χ3n) is 17.8. The number of carbonyl (C=O) groups excluding carboxylic acids is 1. The summed E-state index contributed by atoms with van der Waals surface area (Å²) in [4.78, 5) is 10.9. The highest BCUT2D eigenvalue weighted by Gasteiger charge is 2.21. The Labute approximate surface area is 620 Å². The molecule has 542 valence electrons. The predicted octanol–water partition coefficient (Wildman–Crippen LogP) is 25.8. The van der Waals surface area contributed by atoms with Crippen molar-refractivity contribution in [2.24, 2.45) is 0 Å². The first-order valence-corrected chi connectivity index (χ1v) is 36.4. The fourth-order valence-corrected chi connectivity index (χ4v) is 12.7. The lowest BCUT2D eigenvalue weighted by molar-refractivity contribution is 0.112. The van der Waals surface area contributed by atoms with Gasteiger partial charge >= 0.3 is 0 Å². The van der Waals surface area contributed by atoms with Crippen LogP contribution >= 0.6 is 0 Å². The first kappa shape index (κ1) is 81.9. The molecule has 0 saturated heterocycles. The number of hydrogen-bond donors (Lipinski definition) is 4. The van der Waals surface area contributed by atoms with Gasteiger partial charge in [0.05, 0.1) is 0 Å². The van der Waals surface area contributed by atoms with E-state index in [9.17, 15) is 25.2 Å². The highest BCUT2D eigenvalue weighted by atomic mass is 16.5. The molecule has 0 radical (unpaired) electrons. The first-order chi connectivity index (χ1) is 50.3. The van der Waals surface area contributed by atoms with Crippen LogP contribution in [0.2, 0.25) is 0 Å². The standard InChI is InChI=1S/C25H24O3.2C24H28O2.C22H28O2/c1-3-24(19-8-12-21(27)13-9-19)25(4-2)20-10-14-22(15-11-20)28-23-7-5-6-18(16-23)17-26;1-5-17-25-21-13-9-19(10-14-21)23(7-3)24(8-4)20-11-15-22(16-12-20)26-18-6-2;1-5-9-20-17-19(12-15-24(20)25)23(8-4)22(7-3)18-10-13-21(14-11-18)26-16-6-2;1-6-18(15-8-11-17(23)12-9-15)19(7-2)16-10-13-21(24)20(14-16)22(3,4)5/h5-17,27H,3-4H2,1-2H3;5-6,9-16H,1-2,7-8,17-18H2,3-4H3;5-6,10-15,17,25H,1-2,7-9,16H2,3-4H3;8-14,23-24H,6-7H2,1-5H3/b25-24+;24-23+;23-22+;19-18+. The minimum absolute atomic E-state index is 0.107. The summed E-state index contributed by atoms with van der Waals surface area (Å²) in [5.41, 5.74) is 22.2. The number of ether oxygens (including phenoxy) is 4. The number of carbonyl (C=O) groups is 1. The Hall–Kier alpha value is -11.0. The average Bonchev–Trinajstić information content (AvgIpc) is 0.807. The molecule has 0 bridgehead atoms. The maximum absolute atomic E-state index is 10.9. The minimum Gasteiger partial charge on any atom is -0.508 e. The van der Waals surface area contributed by atoms with E-state index in [-0.39, 0.29) is 16.9 Å². The van der Waals surface area contributed by atoms with Crippen LogP contribution in [0.25, 0.3) is 44.6 Å². The number of hydrogen-bond acceptors (Lipinski definition) is 9. The second kappa shape index (κ2) is 42.4. The SMILES string of the molecule is C=CCOc1ccc(/C(CC)=C(\CC)c2ccc(O)c(CC=C)c2)cc1.C=CCOc1ccc(/C(CC)=C(\CC)c2ccc(OCC=C)cc2)cc1.CC/C(=C(/CC)c1ccc(O)c(C(C)(C)C)c1)c1ccc(O)cc1.CC/C(=C(/CC)c1ccc(Oc2cccc(C=O)c2)cc1)c1ccc(O)cc1. The first-order valence-electron chi connectivity index (χ1n) is 36.4. The van der Waals surface area contributed by atoms with Gasteiger partial charge in [-0.25, -0.2) is 0 Å². The molecule has 104 heavy (non-hydrogen) atoms. The van der Waals surface area contributed by atoms with E-state index < -0.39 is 0 Å². The lowest BCUT2D eigenvalue weighted by atomic mass is 9.83. The molecule has 9 aromatic carbocycles. The van der Waals surface area contributed by atoms with Crippen molar-refractivity contribution in [1.29, 1.82) is 0 Å². The maximum atomic E-state index is 10.9. The zero-order valence-corrected chi connectivity index (χ0v) is 63.2. The van der Waals surface area contributed by atoms with Gasteiger partial charge in [-0.15, -0.1) is 6.58 Å². The Morgan fingerprint density at radius 1 is 0.337 bits per heavy atom. The number of aldehydes is 1. The summed E-state index contributed by atoms with van der Waals surface area (Å²) >= 11 is 0. The van der Waals surface area contributed by atoms with Gasteiger partial charge < -0.3 is 39.4 Å². The van der Waals surface area contributed by atoms with Crippen molar-refractivity contribution in [3.8, 4) is 51.7 Å². The van der Waals surface area contributed by atoms with Crippen LogP contribution in [0, 0.1) is 0 Å². The summed E-state index contributed by atoms with van der Waals surface area (Å²) in [5.74, 6) is 5.18. The number of aromatic hydroxyl groups is 4. The van der Waals surface area contributed by atoms with Crippen molar-refractivity contribution in [2.75, 3.05) is 19.8 Å². The van der Waals surface area contributed by atoms with Gasteiger partial charge in [-0.3, -0.25) is 4.79 Å². The molecule has 9 rings (SSSR count). The van der Waals surface area contributed by atoms with Crippen molar-refractivity contribution in [3.63, 3.8) is 0 Å². The van der Waals surface area contributed by atoms with Gasteiger partial charge in [-0.05, 0) is 273 Å². The van der Waals surface area contributed by atoms with E-state index in [1.54, 1.807) is 72.8 Å². The highest BCUT2D eigenvalue weighted by molar-refractivity contribution is 5.94. The van der Waals surface area contributed by atoms with Gasteiger partial charge in [-0.1, -0.05) is 217 Å². The fourth-order valence-electron chi connectivity index (χ4n) is 12.7. The molecule has 9 aromatic rings. The molecule has 0 aliphatic carbocycles. The van der Waals surface area contributed by atoms with Crippen molar-refractivity contribution in [2.45, 2.75) is 139 Å². The van der Waals surface area contributed by atoms with E-state index in [0.717, 1.165) is 120 Å². The lowest BCUT2D eigenvalue weighted by Crippen LogP contribution is -2.11. The topological polar surface area (TPSA) is 135 Å². The van der Waals surface area contributed by atoms with Gasteiger partial charge in [0.25, 0.3) is 0 Å². The number of benzene rings is 9. The van der Waals surface area contributed by atoms with Crippen molar-refractivity contribution in [1.82, 2.24) is 0 Å². The second-order valence-electron chi connectivity index (χ2n) is 25.8. The smallest absolute Gasteiger partial charge is 0.150 e. The molecule has 0 unspecified atom stereocenters. The van der Waals surface area contributed by atoms with Crippen molar-refractivity contribution < 1.29 is 44.2 Å². The van der Waals surface area contributed by atoms with Gasteiger partial charge in [0.2, 0.25) is 0 Å². The van der Waals surface area contributed by atoms with Crippen LogP contribution < -0.4 is 18.9 Å². The van der Waals surface area contributed by atoms with Crippen molar-refractivity contribution >= 4 is 50.9 Å². The molecule has 0 spiro atoms. The Morgan fingerprint density at radius 2 is 0.635 bits per heavy atom. The number of allylic oxidation sites excluding steroid dienone is 9. The Kier molecular flexibility index (Phi) is 33.4. The fraction of sp³-hybridized carbons (Fsp3) is 0.253. The third kappa shape index (κ3) is 23.8. The van der Waals surface area contributed by atoms with E-state index in [1.807, 2.05) is 97.1 Å². The van der Waals surface area contributed by atoms with Crippen LogP contribution in [-0.4, -0.2) is 46.5 Å². The molecule has 0 fully saturated rings. The van der Waals surface area contributed by atoms with Crippen LogP contribution in [0.3, 0.4) is 0 Å². The van der Waals surface area contributed by atoms with Crippen LogP contribution in [0.1, 0.15) is 194 Å². The summed E-state index contributed by atoms with van der Waals surface area (Å²) in [7, 11) is 0. The Balaban J connectivity index is 0.000000218. The zero-order chi connectivity index (χ0) is 75.6. The number of phenolic OH excluding ortho intramolecular Hbond substituents is 4. The van der Waals surface area contributed by atoms with Crippen molar-refractivity contribution in [3.05, 3.63) is 318 Å². The molecule has 0 aliphatic rings.